The molecule has 0 aromatic heterocycles. The summed E-state index contributed by atoms with van der Waals surface area (Å²) in [6.07, 6.45) is 0. The van der Waals surface area contributed by atoms with E-state index in [1.807, 2.05) is 32.3 Å². The largest absolute Gasteiger partial charge is 0.377 e. The molecule has 0 atom stereocenters. The van der Waals surface area contributed by atoms with E-state index >= 15 is 0 Å². The van der Waals surface area contributed by atoms with Gasteiger partial charge in [0.15, 0.2) is 5.11 Å². The smallest absolute Gasteiger partial charge is 0.168 e. The van der Waals surface area contributed by atoms with Crippen LogP contribution in [0.15, 0.2) is 18.2 Å². The summed E-state index contributed by atoms with van der Waals surface area (Å²) < 4.78 is 0. The quantitative estimate of drug-likeness (QED) is 0.728. The molecule has 1 aromatic rings. The van der Waals surface area contributed by atoms with Crippen LogP contribution in [0.2, 0.25) is 0 Å². The third-order valence-electron chi connectivity index (χ3n) is 1.95. The number of hydrogen-bond donors (Lipinski definition) is 2. The molecule has 1 rings (SSSR count). The number of aryl methyl sites for hydroxylation is 1. The summed E-state index contributed by atoms with van der Waals surface area (Å²) in [6, 6.07) is 6.02. The first-order valence-corrected chi connectivity index (χ1v) is 4.76. The SMILES string of the molecule is Cc1cc(NC(N)=S)ccc1N(C)C. The Hall–Kier alpha value is -1.29. The van der Waals surface area contributed by atoms with Crippen LogP contribution in [0.25, 0.3) is 0 Å². The lowest BCUT2D eigenvalue weighted by molar-refractivity contribution is 1.11. The van der Waals surface area contributed by atoms with Crippen molar-refractivity contribution in [2.45, 2.75) is 6.92 Å². The van der Waals surface area contributed by atoms with Gasteiger partial charge in [0.2, 0.25) is 0 Å². The second kappa shape index (κ2) is 4.28. The van der Waals surface area contributed by atoms with Gasteiger partial charge in [-0.1, -0.05) is 0 Å². The maximum atomic E-state index is 5.38. The van der Waals surface area contributed by atoms with Crippen LogP contribution < -0.4 is 16.0 Å². The van der Waals surface area contributed by atoms with Gasteiger partial charge in [-0.2, -0.15) is 0 Å². The number of nitrogens with two attached hydrogens (primary N) is 1. The van der Waals surface area contributed by atoms with Gasteiger partial charge >= 0.3 is 0 Å². The Morgan fingerprint density at radius 1 is 1.43 bits per heavy atom. The molecule has 0 aliphatic rings. The summed E-state index contributed by atoms with van der Waals surface area (Å²) in [5.41, 5.74) is 8.70. The van der Waals surface area contributed by atoms with Crippen molar-refractivity contribution in [3.05, 3.63) is 23.8 Å². The molecule has 76 valence electrons. The molecule has 0 aliphatic carbocycles. The molecule has 0 fully saturated rings. The van der Waals surface area contributed by atoms with E-state index in [0.29, 0.717) is 5.11 Å². The van der Waals surface area contributed by atoms with Crippen molar-refractivity contribution in [3.8, 4) is 0 Å². The van der Waals surface area contributed by atoms with Crippen molar-refractivity contribution in [2.24, 2.45) is 5.73 Å². The van der Waals surface area contributed by atoms with E-state index in [1.54, 1.807) is 0 Å². The van der Waals surface area contributed by atoms with Crippen LogP contribution in [0.1, 0.15) is 5.56 Å². The average molecular weight is 209 g/mol. The zero-order valence-corrected chi connectivity index (χ0v) is 9.48. The van der Waals surface area contributed by atoms with E-state index < -0.39 is 0 Å². The van der Waals surface area contributed by atoms with E-state index in [1.165, 1.54) is 11.3 Å². The number of anilines is 2. The van der Waals surface area contributed by atoms with Crippen molar-refractivity contribution < 1.29 is 0 Å². The van der Waals surface area contributed by atoms with E-state index in [4.69, 9.17) is 18.0 Å². The lowest BCUT2D eigenvalue weighted by Crippen LogP contribution is -2.19. The molecule has 0 heterocycles. The molecule has 1 aromatic carbocycles. The Labute approximate surface area is 89.9 Å². The molecule has 0 radical (unpaired) electrons. The van der Waals surface area contributed by atoms with Crippen LogP contribution in [0.5, 0.6) is 0 Å². The summed E-state index contributed by atoms with van der Waals surface area (Å²) in [4.78, 5) is 2.07. The van der Waals surface area contributed by atoms with Crippen LogP contribution in [-0.4, -0.2) is 19.2 Å². The Morgan fingerprint density at radius 2 is 2.07 bits per heavy atom. The number of benzene rings is 1. The van der Waals surface area contributed by atoms with Crippen LogP contribution in [0.4, 0.5) is 11.4 Å². The highest BCUT2D eigenvalue weighted by atomic mass is 32.1. The fourth-order valence-corrected chi connectivity index (χ4v) is 1.50. The number of hydrogen-bond acceptors (Lipinski definition) is 2. The standard InChI is InChI=1S/C10H15N3S/c1-7-6-8(12-10(11)14)4-5-9(7)13(2)3/h4-6H,1-3H3,(H3,11,12,14). The Morgan fingerprint density at radius 3 is 2.50 bits per heavy atom. The summed E-state index contributed by atoms with van der Waals surface area (Å²) in [5, 5.41) is 3.20. The van der Waals surface area contributed by atoms with Crippen molar-refractivity contribution in [2.75, 3.05) is 24.3 Å². The zero-order valence-electron chi connectivity index (χ0n) is 8.66. The van der Waals surface area contributed by atoms with E-state index in [-0.39, 0.29) is 0 Å². The highest BCUT2D eigenvalue weighted by molar-refractivity contribution is 7.80. The second-order valence-electron chi connectivity index (χ2n) is 3.38. The minimum atomic E-state index is 0.294. The minimum Gasteiger partial charge on any atom is -0.377 e. The Balaban J connectivity index is 2.94. The van der Waals surface area contributed by atoms with Gasteiger partial charge in [-0.05, 0) is 42.9 Å². The molecule has 3 nitrogen and oxygen atoms in total. The van der Waals surface area contributed by atoms with Gasteiger partial charge in [0.1, 0.15) is 0 Å². The molecule has 0 bridgehead atoms. The van der Waals surface area contributed by atoms with Gasteiger partial charge in [-0.15, -0.1) is 0 Å². The number of rotatable bonds is 2. The number of thiocarbonyl (C=S) groups is 1. The molecular weight excluding hydrogens is 194 g/mol. The maximum absolute atomic E-state index is 5.38. The molecule has 4 heteroatoms. The minimum absolute atomic E-state index is 0.294. The number of nitrogens with zero attached hydrogens (tertiary/aromatic N) is 1. The van der Waals surface area contributed by atoms with E-state index in [9.17, 15) is 0 Å². The van der Waals surface area contributed by atoms with Gasteiger partial charge in [-0.25, -0.2) is 0 Å². The molecule has 14 heavy (non-hydrogen) atoms. The van der Waals surface area contributed by atoms with E-state index in [0.717, 1.165) is 5.69 Å². The van der Waals surface area contributed by atoms with Crippen molar-refractivity contribution in [1.29, 1.82) is 0 Å². The maximum Gasteiger partial charge on any atom is 0.168 e. The predicted molar refractivity (Wildman–Crippen MR) is 65.9 cm³/mol. The highest BCUT2D eigenvalue weighted by Crippen LogP contribution is 2.21. The summed E-state index contributed by atoms with van der Waals surface area (Å²) in [7, 11) is 4.03. The molecule has 0 unspecified atom stereocenters. The Bertz CT molecular complexity index is 347. The topological polar surface area (TPSA) is 41.3 Å². The van der Waals surface area contributed by atoms with Gasteiger partial charge in [0.05, 0.1) is 0 Å². The molecular formula is C10H15N3S. The van der Waals surface area contributed by atoms with Crippen molar-refractivity contribution >= 4 is 28.7 Å². The van der Waals surface area contributed by atoms with Crippen LogP contribution in [0.3, 0.4) is 0 Å². The first kappa shape index (κ1) is 10.8. The summed E-state index contributed by atoms with van der Waals surface area (Å²) in [6.45, 7) is 2.06. The van der Waals surface area contributed by atoms with Crippen molar-refractivity contribution in [3.63, 3.8) is 0 Å². The molecule has 0 aliphatic heterocycles. The Kier molecular flexibility index (Phi) is 3.30. The second-order valence-corrected chi connectivity index (χ2v) is 3.82. The summed E-state index contributed by atoms with van der Waals surface area (Å²) >= 11 is 4.76. The normalized spacial score (nSPS) is 9.64. The van der Waals surface area contributed by atoms with Gasteiger partial charge in [0.25, 0.3) is 0 Å². The molecule has 0 saturated heterocycles. The van der Waals surface area contributed by atoms with Crippen LogP contribution in [0, 0.1) is 6.92 Å². The monoisotopic (exact) mass is 209 g/mol. The third-order valence-corrected chi connectivity index (χ3v) is 2.05. The summed E-state index contributed by atoms with van der Waals surface area (Å²) in [5.74, 6) is 0. The predicted octanol–water partition coefficient (Wildman–Crippen LogP) is 1.72. The molecule has 0 amide bonds. The fraction of sp³-hybridized carbons (Fsp3) is 0.300. The zero-order chi connectivity index (χ0) is 10.7. The fourth-order valence-electron chi connectivity index (χ4n) is 1.38. The lowest BCUT2D eigenvalue weighted by Gasteiger charge is -2.16. The first-order chi connectivity index (χ1) is 6.50. The average Bonchev–Trinajstić information content (AvgIpc) is 2.01. The molecule has 3 N–H and O–H groups in total. The van der Waals surface area contributed by atoms with Gasteiger partial charge < -0.3 is 16.0 Å². The van der Waals surface area contributed by atoms with Crippen molar-refractivity contribution in [1.82, 2.24) is 0 Å². The van der Waals surface area contributed by atoms with Crippen LogP contribution >= 0.6 is 12.2 Å². The third kappa shape index (κ3) is 2.60. The first-order valence-electron chi connectivity index (χ1n) is 4.35. The highest BCUT2D eigenvalue weighted by Gasteiger charge is 2.01. The molecule has 0 spiro atoms. The van der Waals surface area contributed by atoms with E-state index in [2.05, 4.69) is 17.1 Å². The lowest BCUT2D eigenvalue weighted by atomic mass is 10.1. The van der Waals surface area contributed by atoms with Crippen LogP contribution in [-0.2, 0) is 0 Å². The number of nitrogens with one attached hydrogen (secondary N) is 1. The van der Waals surface area contributed by atoms with Gasteiger partial charge in [0, 0.05) is 25.5 Å². The van der Waals surface area contributed by atoms with Gasteiger partial charge in [-0.3, -0.25) is 0 Å². The molecule has 0 saturated carbocycles.